The zero-order valence-corrected chi connectivity index (χ0v) is 12.9. The van der Waals surface area contributed by atoms with Crippen LogP contribution < -0.4 is 10.5 Å². The molecule has 120 valence electrons. The van der Waals surface area contributed by atoms with Crippen LogP contribution in [0.3, 0.4) is 0 Å². The largest absolute Gasteiger partial charge is 0.383 e. The third-order valence-corrected chi connectivity index (χ3v) is 4.95. The molecule has 1 atom stereocenters. The Morgan fingerprint density at radius 1 is 1.26 bits per heavy atom. The number of nitro benzene ring substituents is 1. The summed E-state index contributed by atoms with van der Waals surface area (Å²) in [4.78, 5) is 10.2. The predicted octanol–water partition coefficient (Wildman–Crippen LogP) is 1.99. The number of non-ortho nitro benzene ring substituents is 1. The summed E-state index contributed by atoms with van der Waals surface area (Å²) in [6.07, 6.45) is 0.892. The van der Waals surface area contributed by atoms with Gasteiger partial charge in [0, 0.05) is 24.6 Å². The summed E-state index contributed by atoms with van der Waals surface area (Å²) in [5.41, 5.74) is 2.45. The zero-order valence-electron chi connectivity index (χ0n) is 12.1. The van der Waals surface area contributed by atoms with E-state index in [0.717, 1.165) is 18.6 Å². The van der Waals surface area contributed by atoms with E-state index >= 15 is 0 Å². The first-order valence-corrected chi connectivity index (χ1v) is 8.54. The third kappa shape index (κ3) is 3.03. The quantitative estimate of drug-likeness (QED) is 0.641. The minimum Gasteiger partial charge on any atom is -0.383 e. The number of rotatable bonds is 5. The summed E-state index contributed by atoms with van der Waals surface area (Å²) < 4.78 is 23.3. The van der Waals surface area contributed by atoms with Gasteiger partial charge in [0.25, 0.3) is 5.69 Å². The summed E-state index contributed by atoms with van der Waals surface area (Å²) >= 11 is 0. The molecule has 3 N–H and O–H groups in total. The lowest BCUT2D eigenvalue weighted by molar-refractivity contribution is -0.384. The molecule has 0 bridgehead atoms. The van der Waals surface area contributed by atoms with Crippen molar-refractivity contribution in [2.24, 2.45) is 5.14 Å². The Bertz CT molecular complexity index is 880. The van der Waals surface area contributed by atoms with Crippen LogP contribution >= 0.6 is 0 Å². The van der Waals surface area contributed by atoms with Crippen LogP contribution in [-0.2, 0) is 16.4 Å². The fourth-order valence-corrected chi connectivity index (χ4v) is 3.49. The summed E-state index contributed by atoms with van der Waals surface area (Å²) in [7, 11) is -3.96. The number of nitrogens with two attached hydrogens (primary N) is 1. The van der Waals surface area contributed by atoms with Crippen molar-refractivity contribution in [2.75, 3.05) is 11.9 Å². The molecule has 0 saturated carbocycles. The number of sulfonamides is 1. The molecule has 1 aliphatic rings. The van der Waals surface area contributed by atoms with Crippen LogP contribution in [0.5, 0.6) is 0 Å². The number of nitrogens with zero attached hydrogens (tertiary/aromatic N) is 1. The van der Waals surface area contributed by atoms with Gasteiger partial charge in [0.2, 0.25) is 10.0 Å². The number of hydrogen-bond acceptors (Lipinski definition) is 5. The van der Waals surface area contributed by atoms with E-state index in [-0.39, 0.29) is 22.2 Å². The summed E-state index contributed by atoms with van der Waals surface area (Å²) in [6, 6.07) is 11.5. The number of benzene rings is 2. The number of fused-ring (bicyclic) bond motifs is 1. The Balaban J connectivity index is 1.84. The van der Waals surface area contributed by atoms with Crippen molar-refractivity contribution in [3.8, 4) is 0 Å². The maximum absolute atomic E-state index is 11.6. The number of anilines is 1. The molecule has 3 rings (SSSR count). The van der Waals surface area contributed by atoms with Crippen LogP contribution in [-0.4, -0.2) is 19.9 Å². The fourth-order valence-electron chi connectivity index (χ4n) is 2.80. The van der Waals surface area contributed by atoms with Gasteiger partial charge < -0.3 is 5.32 Å². The predicted molar refractivity (Wildman–Crippen MR) is 85.8 cm³/mol. The van der Waals surface area contributed by atoms with Gasteiger partial charge in [0.1, 0.15) is 4.90 Å². The van der Waals surface area contributed by atoms with Gasteiger partial charge >= 0.3 is 0 Å². The highest BCUT2D eigenvalue weighted by Gasteiger charge is 2.26. The van der Waals surface area contributed by atoms with Crippen molar-refractivity contribution in [3.63, 3.8) is 0 Å². The van der Waals surface area contributed by atoms with E-state index in [1.54, 1.807) is 0 Å². The van der Waals surface area contributed by atoms with Crippen molar-refractivity contribution in [3.05, 3.63) is 63.7 Å². The van der Waals surface area contributed by atoms with Gasteiger partial charge in [-0.05, 0) is 23.6 Å². The molecule has 0 amide bonds. The Kier molecular flexibility index (Phi) is 3.78. The topological polar surface area (TPSA) is 115 Å². The zero-order chi connectivity index (χ0) is 16.6. The van der Waals surface area contributed by atoms with Crippen LogP contribution in [0.2, 0.25) is 0 Å². The smallest absolute Gasteiger partial charge is 0.271 e. The second kappa shape index (κ2) is 5.64. The lowest BCUT2D eigenvalue weighted by Crippen LogP contribution is -2.25. The lowest BCUT2D eigenvalue weighted by atomic mass is 9.77. The molecule has 7 nitrogen and oxygen atoms in total. The first-order valence-electron chi connectivity index (χ1n) is 6.99. The van der Waals surface area contributed by atoms with E-state index in [1.165, 1.54) is 17.2 Å². The maximum atomic E-state index is 11.6. The SMILES string of the molecule is NS(=O)(=O)c1ccc([N+](=O)[O-])cc1NCC1Cc2ccccc21. The van der Waals surface area contributed by atoms with Gasteiger partial charge in [-0.2, -0.15) is 0 Å². The summed E-state index contributed by atoms with van der Waals surface area (Å²) in [5.74, 6) is 0.249. The highest BCUT2D eigenvalue weighted by molar-refractivity contribution is 7.89. The van der Waals surface area contributed by atoms with Gasteiger partial charge in [0.15, 0.2) is 0 Å². The summed E-state index contributed by atoms with van der Waals surface area (Å²) in [5, 5.41) is 19.1. The van der Waals surface area contributed by atoms with Gasteiger partial charge in [-0.1, -0.05) is 24.3 Å². The van der Waals surface area contributed by atoms with Gasteiger partial charge in [0.05, 0.1) is 10.6 Å². The van der Waals surface area contributed by atoms with Crippen molar-refractivity contribution in [1.82, 2.24) is 0 Å². The van der Waals surface area contributed by atoms with E-state index in [0.29, 0.717) is 6.54 Å². The molecule has 0 radical (unpaired) electrons. The van der Waals surface area contributed by atoms with Gasteiger partial charge in [-0.3, -0.25) is 10.1 Å². The van der Waals surface area contributed by atoms with Crippen molar-refractivity contribution >= 4 is 21.4 Å². The minimum absolute atomic E-state index is 0.143. The molecule has 0 aliphatic heterocycles. The number of hydrogen-bond donors (Lipinski definition) is 2. The van der Waals surface area contributed by atoms with Crippen LogP contribution in [0.1, 0.15) is 17.0 Å². The molecule has 1 aliphatic carbocycles. The first-order chi connectivity index (χ1) is 10.9. The molecular formula is C15H15N3O4S. The normalized spacial score (nSPS) is 16.3. The van der Waals surface area contributed by atoms with Gasteiger partial charge in [-0.15, -0.1) is 0 Å². The Labute approximate surface area is 133 Å². The molecule has 1 unspecified atom stereocenters. The Hall–Kier alpha value is -2.45. The Morgan fingerprint density at radius 2 is 2.00 bits per heavy atom. The maximum Gasteiger partial charge on any atom is 0.271 e. The first kappa shape index (κ1) is 15.4. The van der Waals surface area contributed by atoms with E-state index < -0.39 is 14.9 Å². The van der Waals surface area contributed by atoms with E-state index in [1.807, 2.05) is 18.2 Å². The molecular weight excluding hydrogens is 318 g/mol. The molecule has 0 heterocycles. The average Bonchev–Trinajstić information content (AvgIpc) is 2.47. The lowest BCUT2D eigenvalue weighted by Gasteiger charge is -2.30. The third-order valence-electron chi connectivity index (χ3n) is 3.98. The standard InChI is InChI=1S/C15H15N3O4S/c16-23(21,22)15-6-5-12(18(19)20)8-14(15)17-9-11-7-10-3-1-2-4-13(10)11/h1-6,8,11,17H,7,9H2,(H2,16,21,22). The number of primary sulfonamides is 1. The number of nitrogens with one attached hydrogen (secondary N) is 1. The molecule has 2 aromatic carbocycles. The highest BCUT2D eigenvalue weighted by atomic mass is 32.2. The minimum atomic E-state index is -3.96. The van der Waals surface area contributed by atoms with E-state index in [9.17, 15) is 18.5 Å². The highest BCUT2D eigenvalue weighted by Crippen LogP contribution is 2.35. The van der Waals surface area contributed by atoms with E-state index in [4.69, 9.17) is 5.14 Å². The van der Waals surface area contributed by atoms with Gasteiger partial charge in [-0.25, -0.2) is 13.6 Å². The molecule has 0 spiro atoms. The monoisotopic (exact) mass is 333 g/mol. The molecule has 0 aromatic heterocycles. The molecule has 23 heavy (non-hydrogen) atoms. The summed E-state index contributed by atoms with van der Waals surface area (Å²) in [6.45, 7) is 0.487. The molecule has 0 saturated heterocycles. The second-order valence-electron chi connectivity index (χ2n) is 5.46. The molecule has 8 heteroatoms. The number of nitro groups is 1. The average molecular weight is 333 g/mol. The van der Waals surface area contributed by atoms with Crippen molar-refractivity contribution in [1.29, 1.82) is 0 Å². The Morgan fingerprint density at radius 3 is 2.65 bits per heavy atom. The van der Waals surface area contributed by atoms with Crippen LogP contribution in [0.25, 0.3) is 0 Å². The van der Waals surface area contributed by atoms with Crippen LogP contribution in [0.4, 0.5) is 11.4 Å². The second-order valence-corrected chi connectivity index (χ2v) is 6.99. The van der Waals surface area contributed by atoms with Crippen molar-refractivity contribution in [2.45, 2.75) is 17.2 Å². The molecule has 2 aromatic rings. The van der Waals surface area contributed by atoms with E-state index in [2.05, 4.69) is 11.4 Å². The molecule has 0 fully saturated rings. The fraction of sp³-hybridized carbons (Fsp3) is 0.200. The van der Waals surface area contributed by atoms with Crippen molar-refractivity contribution < 1.29 is 13.3 Å². The van der Waals surface area contributed by atoms with Crippen LogP contribution in [0, 0.1) is 10.1 Å². The van der Waals surface area contributed by atoms with Crippen LogP contribution in [0.15, 0.2) is 47.4 Å².